The van der Waals surface area contributed by atoms with E-state index in [2.05, 4.69) is 4.99 Å². The first-order valence-corrected chi connectivity index (χ1v) is 7.05. The van der Waals surface area contributed by atoms with Crippen LogP contribution in [-0.2, 0) is 4.74 Å². The predicted octanol–water partition coefficient (Wildman–Crippen LogP) is -1.03. The van der Waals surface area contributed by atoms with Crippen molar-refractivity contribution in [2.24, 2.45) is 4.99 Å². The van der Waals surface area contributed by atoms with Gasteiger partial charge in [-0.2, -0.15) is 0 Å². The van der Waals surface area contributed by atoms with Crippen LogP contribution < -0.4 is 4.90 Å². The molecule has 0 radical (unpaired) electrons. The zero-order valence-electron chi connectivity index (χ0n) is 12.6. The van der Waals surface area contributed by atoms with Crippen molar-refractivity contribution in [1.29, 1.82) is 0 Å². The van der Waals surface area contributed by atoms with Gasteiger partial charge in [0.1, 0.15) is 24.4 Å². The Labute approximate surface area is 129 Å². The molecule has 1 heterocycles. The lowest BCUT2D eigenvalue weighted by molar-refractivity contribution is -0.248. The number of ether oxygens (including phenoxy) is 1. The summed E-state index contributed by atoms with van der Waals surface area (Å²) in [7, 11) is 3.88. The molecule has 122 valence electrons. The summed E-state index contributed by atoms with van der Waals surface area (Å²) in [5.74, 6) is 0. The highest BCUT2D eigenvalue weighted by atomic mass is 16.6. The SMILES string of the molecule is CN(C)c1ccc(C=N[C@@H]2[C@@H](O)[C@H](O)[C@@H](CO)O[C@@H]2O)cc1. The molecule has 0 saturated carbocycles. The molecule has 5 atom stereocenters. The van der Waals surface area contributed by atoms with Crippen LogP contribution in [0.4, 0.5) is 5.69 Å². The summed E-state index contributed by atoms with van der Waals surface area (Å²) in [6, 6.07) is 6.54. The fourth-order valence-electron chi connectivity index (χ4n) is 2.27. The van der Waals surface area contributed by atoms with Crippen LogP contribution in [-0.4, -0.2) is 78.0 Å². The van der Waals surface area contributed by atoms with E-state index in [1.165, 1.54) is 6.21 Å². The van der Waals surface area contributed by atoms with Gasteiger partial charge in [0.25, 0.3) is 0 Å². The average molecular weight is 310 g/mol. The predicted molar refractivity (Wildman–Crippen MR) is 82.1 cm³/mol. The summed E-state index contributed by atoms with van der Waals surface area (Å²) in [6.45, 7) is -0.488. The van der Waals surface area contributed by atoms with Crippen LogP contribution in [0.1, 0.15) is 5.56 Å². The van der Waals surface area contributed by atoms with Crippen LogP contribution in [0.5, 0.6) is 0 Å². The minimum atomic E-state index is -1.38. The molecular formula is C15H22N2O5. The van der Waals surface area contributed by atoms with E-state index in [-0.39, 0.29) is 0 Å². The topological polar surface area (TPSA) is 106 Å². The summed E-state index contributed by atoms with van der Waals surface area (Å²) in [4.78, 5) is 6.07. The van der Waals surface area contributed by atoms with Gasteiger partial charge in [0.15, 0.2) is 6.29 Å². The van der Waals surface area contributed by atoms with Gasteiger partial charge < -0.3 is 30.1 Å². The minimum absolute atomic E-state index is 0.488. The van der Waals surface area contributed by atoms with Gasteiger partial charge in [0.05, 0.1) is 6.61 Å². The lowest BCUT2D eigenvalue weighted by atomic mass is 9.97. The molecule has 1 aliphatic rings. The van der Waals surface area contributed by atoms with Gasteiger partial charge in [-0.25, -0.2) is 0 Å². The smallest absolute Gasteiger partial charge is 0.180 e. The first-order valence-electron chi connectivity index (χ1n) is 7.05. The van der Waals surface area contributed by atoms with E-state index in [4.69, 9.17) is 9.84 Å². The van der Waals surface area contributed by atoms with Gasteiger partial charge in [-0.1, -0.05) is 12.1 Å². The highest BCUT2D eigenvalue weighted by Crippen LogP contribution is 2.22. The molecule has 22 heavy (non-hydrogen) atoms. The largest absolute Gasteiger partial charge is 0.394 e. The van der Waals surface area contributed by atoms with E-state index in [0.29, 0.717) is 0 Å². The summed E-state index contributed by atoms with van der Waals surface area (Å²) in [5.41, 5.74) is 1.84. The van der Waals surface area contributed by atoms with E-state index in [0.717, 1.165) is 11.3 Å². The number of rotatable bonds is 4. The van der Waals surface area contributed by atoms with Crippen molar-refractivity contribution >= 4 is 11.9 Å². The van der Waals surface area contributed by atoms with E-state index >= 15 is 0 Å². The second-order valence-electron chi connectivity index (χ2n) is 5.48. The van der Waals surface area contributed by atoms with Crippen LogP contribution in [0.15, 0.2) is 29.3 Å². The minimum Gasteiger partial charge on any atom is -0.394 e. The number of nitrogens with zero attached hydrogens (tertiary/aromatic N) is 2. The van der Waals surface area contributed by atoms with Crippen LogP contribution in [0.3, 0.4) is 0 Å². The Balaban J connectivity index is 2.08. The Hall–Kier alpha value is -1.51. The van der Waals surface area contributed by atoms with E-state index in [1.54, 1.807) is 0 Å². The second kappa shape index (κ2) is 7.17. The molecule has 0 spiro atoms. The van der Waals surface area contributed by atoms with Crippen molar-refractivity contribution in [2.45, 2.75) is 30.6 Å². The number of hydrogen-bond acceptors (Lipinski definition) is 7. The average Bonchev–Trinajstić information content (AvgIpc) is 2.51. The molecule has 0 aromatic heterocycles. The molecule has 0 aliphatic carbocycles. The van der Waals surface area contributed by atoms with E-state index in [1.807, 2.05) is 43.3 Å². The number of benzene rings is 1. The summed E-state index contributed by atoms with van der Waals surface area (Å²) in [6.07, 6.45) is -3.50. The highest BCUT2D eigenvalue weighted by Gasteiger charge is 2.43. The molecule has 1 aromatic rings. The molecule has 0 unspecified atom stereocenters. The maximum Gasteiger partial charge on any atom is 0.180 e. The molecule has 0 amide bonds. The normalized spacial score (nSPS) is 32.4. The molecule has 2 rings (SSSR count). The van der Waals surface area contributed by atoms with E-state index in [9.17, 15) is 15.3 Å². The summed E-state index contributed by atoms with van der Waals surface area (Å²) >= 11 is 0. The third-order valence-corrected chi connectivity index (χ3v) is 3.67. The van der Waals surface area contributed by atoms with Crippen LogP contribution in [0, 0.1) is 0 Å². The maximum absolute atomic E-state index is 9.98. The summed E-state index contributed by atoms with van der Waals surface area (Å²) < 4.78 is 5.04. The quantitative estimate of drug-likeness (QED) is 0.530. The first kappa shape index (κ1) is 16.9. The molecular weight excluding hydrogens is 288 g/mol. The first-order chi connectivity index (χ1) is 10.4. The summed E-state index contributed by atoms with van der Waals surface area (Å²) in [5, 5.41) is 38.6. The number of aliphatic hydroxyl groups is 4. The lowest BCUT2D eigenvalue weighted by Crippen LogP contribution is -2.57. The van der Waals surface area contributed by atoms with Crippen molar-refractivity contribution in [3.8, 4) is 0 Å². The molecule has 1 fully saturated rings. The van der Waals surface area contributed by atoms with Gasteiger partial charge in [0, 0.05) is 26.0 Å². The fraction of sp³-hybridized carbons (Fsp3) is 0.533. The highest BCUT2D eigenvalue weighted by molar-refractivity contribution is 5.80. The molecule has 4 N–H and O–H groups in total. The van der Waals surface area contributed by atoms with Crippen LogP contribution in [0.25, 0.3) is 0 Å². The van der Waals surface area contributed by atoms with Crippen molar-refractivity contribution in [3.63, 3.8) is 0 Å². The van der Waals surface area contributed by atoms with Crippen molar-refractivity contribution in [1.82, 2.24) is 0 Å². The van der Waals surface area contributed by atoms with Crippen LogP contribution in [0.2, 0.25) is 0 Å². The number of anilines is 1. The Morgan fingerprint density at radius 3 is 2.32 bits per heavy atom. The second-order valence-corrected chi connectivity index (χ2v) is 5.48. The zero-order valence-corrected chi connectivity index (χ0v) is 12.6. The van der Waals surface area contributed by atoms with Gasteiger partial charge in [-0.3, -0.25) is 4.99 Å². The van der Waals surface area contributed by atoms with E-state index < -0.39 is 37.3 Å². The monoisotopic (exact) mass is 310 g/mol. The van der Waals surface area contributed by atoms with Crippen LogP contribution >= 0.6 is 0 Å². The number of aliphatic hydroxyl groups excluding tert-OH is 4. The molecule has 0 bridgehead atoms. The standard InChI is InChI=1S/C15H22N2O5/c1-17(2)10-5-3-9(4-6-10)7-16-12-14(20)13(19)11(8-18)22-15(12)21/h3-7,11-15,18-21H,8H2,1-2H3/t11-,12-,13-,14-,15+/m1/s1. The Morgan fingerprint density at radius 2 is 1.77 bits per heavy atom. The molecule has 1 aliphatic heterocycles. The fourth-order valence-corrected chi connectivity index (χ4v) is 2.27. The zero-order chi connectivity index (χ0) is 16.3. The Bertz CT molecular complexity index is 505. The molecule has 1 saturated heterocycles. The third kappa shape index (κ3) is 3.63. The van der Waals surface area contributed by atoms with Gasteiger partial charge in [0.2, 0.25) is 0 Å². The molecule has 7 heteroatoms. The number of hydrogen-bond donors (Lipinski definition) is 4. The lowest BCUT2D eigenvalue weighted by Gasteiger charge is -2.38. The Kier molecular flexibility index (Phi) is 5.49. The maximum atomic E-state index is 9.98. The van der Waals surface area contributed by atoms with Gasteiger partial charge in [-0.15, -0.1) is 0 Å². The Morgan fingerprint density at radius 1 is 1.14 bits per heavy atom. The van der Waals surface area contributed by atoms with Gasteiger partial charge in [-0.05, 0) is 17.7 Å². The van der Waals surface area contributed by atoms with Crippen molar-refractivity contribution < 1.29 is 25.2 Å². The molecule has 7 nitrogen and oxygen atoms in total. The van der Waals surface area contributed by atoms with Crippen molar-refractivity contribution in [2.75, 3.05) is 25.6 Å². The van der Waals surface area contributed by atoms with Gasteiger partial charge >= 0.3 is 0 Å². The molecule has 1 aromatic carbocycles. The third-order valence-electron chi connectivity index (χ3n) is 3.67. The number of aliphatic imine (C=N–C) groups is 1. The van der Waals surface area contributed by atoms with Crippen molar-refractivity contribution in [3.05, 3.63) is 29.8 Å².